The molecule has 0 aromatic heterocycles. The molecule has 0 N–H and O–H groups in total. The number of hydrogen-bond donors (Lipinski definition) is 0. The van der Waals surface area contributed by atoms with Gasteiger partial charge in [-0.2, -0.15) is 0 Å². The highest BCUT2D eigenvalue weighted by Crippen LogP contribution is 2.29. The van der Waals surface area contributed by atoms with E-state index in [0.29, 0.717) is 0 Å². The summed E-state index contributed by atoms with van der Waals surface area (Å²) in [4.78, 5) is 23.1. The maximum absolute atomic E-state index is 11.9. The second-order valence-corrected chi connectivity index (χ2v) is 8.21. The molecule has 0 aliphatic carbocycles. The van der Waals surface area contributed by atoms with E-state index in [0.717, 1.165) is 19.3 Å². The molecule has 1 aliphatic heterocycles. The molecule has 27 heavy (non-hydrogen) atoms. The van der Waals surface area contributed by atoms with Crippen molar-refractivity contribution < 1.29 is 19.1 Å². The molecule has 0 aromatic carbocycles. The van der Waals surface area contributed by atoms with Gasteiger partial charge in [-0.15, -0.1) is 0 Å². The van der Waals surface area contributed by atoms with E-state index in [1.54, 1.807) is 6.92 Å². The van der Waals surface area contributed by atoms with Crippen molar-refractivity contribution in [1.29, 1.82) is 0 Å². The Morgan fingerprint density at radius 2 is 1.30 bits per heavy atom. The van der Waals surface area contributed by atoms with Crippen molar-refractivity contribution in [2.45, 2.75) is 129 Å². The van der Waals surface area contributed by atoms with Crippen LogP contribution in [0.1, 0.15) is 117 Å². The molecule has 4 heteroatoms. The molecule has 0 saturated carbocycles. The molecule has 0 radical (unpaired) electrons. The summed E-state index contributed by atoms with van der Waals surface area (Å²) in [6.45, 7) is 5.46. The van der Waals surface area contributed by atoms with Crippen LogP contribution >= 0.6 is 0 Å². The Labute approximate surface area is 166 Å². The summed E-state index contributed by atoms with van der Waals surface area (Å²) < 4.78 is 10.5. The predicted molar refractivity (Wildman–Crippen MR) is 110 cm³/mol. The van der Waals surface area contributed by atoms with E-state index in [-0.39, 0.29) is 24.0 Å². The molecule has 0 unspecified atom stereocenters. The van der Waals surface area contributed by atoms with E-state index >= 15 is 0 Å². The number of rotatable bonds is 16. The Kier molecular flexibility index (Phi) is 13.3. The molecule has 3 atom stereocenters. The zero-order valence-electron chi connectivity index (χ0n) is 18.0. The van der Waals surface area contributed by atoms with Crippen molar-refractivity contribution >= 4 is 11.9 Å². The molecule has 1 saturated heterocycles. The monoisotopic (exact) mass is 382 g/mol. The van der Waals surface area contributed by atoms with Crippen LogP contribution in [0.15, 0.2) is 0 Å². The van der Waals surface area contributed by atoms with E-state index in [1.165, 1.54) is 84.0 Å². The van der Waals surface area contributed by atoms with Gasteiger partial charge in [0.25, 0.3) is 0 Å². The average molecular weight is 383 g/mol. The van der Waals surface area contributed by atoms with Gasteiger partial charge in [-0.05, 0) is 13.3 Å². The van der Waals surface area contributed by atoms with Gasteiger partial charge >= 0.3 is 11.9 Å². The SMILES string of the molecule is CCCCCCCCCCCCCCCC[C@@H]1C(=O)O[C@@H](C)[C@H]1OC(C)=O. The molecule has 0 aromatic rings. The highest BCUT2D eigenvalue weighted by Gasteiger charge is 2.44. The van der Waals surface area contributed by atoms with Crippen LogP contribution in [-0.4, -0.2) is 24.1 Å². The number of unbranched alkanes of at least 4 members (excludes halogenated alkanes) is 13. The minimum atomic E-state index is -0.406. The first-order valence-electron chi connectivity index (χ1n) is 11.4. The number of carbonyl (C=O) groups excluding carboxylic acids is 2. The molecule has 1 heterocycles. The van der Waals surface area contributed by atoms with Crippen LogP contribution in [0.4, 0.5) is 0 Å². The van der Waals surface area contributed by atoms with E-state index in [2.05, 4.69) is 6.92 Å². The zero-order chi connectivity index (χ0) is 19.9. The first kappa shape index (κ1) is 24.0. The molecular weight excluding hydrogens is 340 g/mol. The minimum Gasteiger partial charge on any atom is -0.458 e. The van der Waals surface area contributed by atoms with E-state index < -0.39 is 6.10 Å². The number of cyclic esters (lactones) is 1. The Morgan fingerprint density at radius 3 is 1.74 bits per heavy atom. The average Bonchev–Trinajstić information content (AvgIpc) is 2.88. The van der Waals surface area contributed by atoms with Gasteiger partial charge in [-0.25, -0.2) is 0 Å². The lowest BCUT2D eigenvalue weighted by Crippen LogP contribution is -2.30. The highest BCUT2D eigenvalue weighted by molar-refractivity contribution is 5.76. The van der Waals surface area contributed by atoms with Crippen molar-refractivity contribution in [2.24, 2.45) is 5.92 Å². The van der Waals surface area contributed by atoms with Gasteiger partial charge in [-0.1, -0.05) is 96.8 Å². The zero-order valence-corrected chi connectivity index (χ0v) is 18.0. The summed E-state index contributed by atoms with van der Waals surface area (Å²) in [5.41, 5.74) is 0. The van der Waals surface area contributed by atoms with Crippen LogP contribution < -0.4 is 0 Å². The summed E-state index contributed by atoms with van der Waals surface area (Å²) in [5, 5.41) is 0. The summed E-state index contributed by atoms with van der Waals surface area (Å²) in [6.07, 6.45) is 18.5. The van der Waals surface area contributed by atoms with E-state index in [1.807, 2.05) is 0 Å². The third-order valence-electron chi connectivity index (χ3n) is 5.63. The number of hydrogen-bond acceptors (Lipinski definition) is 4. The van der Waals surface area contributed by atoms with E-state index in [4.69, 9.17) is 9.47 Å². The van der Waals surface area contributed by atoms with Crippen molar-refractivity contribution in [3.8, 4) is 0 Å². The standard InChI is InChI=1S/C23H42O4/c1-4-5-6-7-8-9-10-11-12-13-14-15-16-17-18-21-22(27-20(3)24)19(2)26-23(21)25/h19,21-22H,4-18H2,1-3H3/t19-,21-,22+/m0/s1. The van der Waals surface area contributed by atoms with Crippen LogP contribution in [0.3, 0.4) is 0 Å². The highest BCUT2D eigenvalue weighted by atomic mass is 16.6. The molecule has 0 bridgehead atoms. The first-order chi connectivity index (χ1) is 13.1. The van der Waals surface area contributed by atoms with Gasteiger partial charge in [0.05, 0.1) is 5.92 Å². The molecule has 0 amide bonds. The van der Waals surface area contributed by atoms with E-state index in [9.17, 15) is 9.59 Å². The van der Waals surface area contributed by atoms with Gasteiger partial charge in [0.1, 0.15) is 6.10 Å². The van der Waals surface area contributed by atoms with Gasteiger partial charge in [-0.3, -0.25) is 9.59 Å². The Hall–Kier alpha value is -1.06. The van der Waals surface area contributed by atoms with Crippen LogP contribution in [0.5, 0.6) is 0 Å². The summed E-state index contributed by atoms with van der Waals surface area (Å²) in [6, 6.07) is 0. The maximum atomic E-state index is 11.9. The smallest absolute Gasteiger partial charge is 0.313 e. The van der Waals surface area contributed by atoms with Crippen LogP contribution in [-0.2, 0) is 19.1 Å². The van der Waals surface area contributed by atoms with Gasteiger partial charge in [0.2, 0.25) is 0 Å². The lowest BCUT2D eigenvalue weighted by atomic mass is 9.94. The molecule has 158 valence electrons. The summed E-state index contributed by atoms with van der Waals surface area (Å²) in [7, 11) is 0. The van der Waals surface area contributed by atoms with Crippen molar-refractivity contribution in [2.75, 3.05) is 0 Å². The molecular formula is C23H42O4. The Balaban J connectivity index is 1.95. The predicted octanol–water partition coefficient (Wildman–Crippen LogP) is 6.35. The Morgan fingerprint density at radius 1 is 0.852 bits per heavy atom. The van der Waals surface area contributed by atoms with Crippen LogP contribution in [0.25, 0.3) is 0 Å². The minimum absolute atomic E-state index is 0.205. The second kappa shape index (κ2) is 14.9. The molecule has 0 spiro atoms. The Bertz CT molecular complexity index is 407. The third kappa shape index (κ3) is 10.8. The van der Waals surface area contributed by atoms with Crippen molar-refractivity contribution in [3.63, 3.8) is 0 Å². The number of ether oxygens (including phenoxy) is 2. The third-order valence-corrected chi connectivity index (χ3v) is 5.63. The second-order valence-electron chi connectivity index (χ2n) is 8.21. The van der Waals surface area contributed by atoms with Crippen molar-refractivity contribution in [1.82, 2.24) is 0 Å². The quantitative estimate of drug-likeness (QED) is 0.230. The number of carbonyl (C=O) groups is 2. The molecule has 4 nitrogen and oxygen atoms in total. The fraction of sp³-hybridized carbons (Fsp3) is 0.913. The fourth-order valence-electron chi connectivity index (χ4n) is 4.01. The normalized spacial score (nSPS) is 22.0. The van der Waals surface area contributed by atoms with Gasteiger partial charge in [0.15, 0.2) is 6.10 Å². The molecule has 1 rings (SSSR count). The lowest BCUT2D eigenvalue weighted by molar-refractivity contribution is -0.150. The summed E-state index contributed by atoms with van der Waals surface area (Å²) >= 11 is 0. The van der Waals surface area contributed by atoms with Crippen molar-refractivity contribution in [3.05, 3.63) is 0 Å². The lowest BCUT2D eigenvalue weighted by Gasteiger charge is -2.18. The summed E-state index contributed by atoms with van der Waals surface area (Å²) in [5.74, 6) is -0.819. The number of esters is 2. The van der Waals surface area contributed by atoms with Crippen LogP contribution in [0.2, 0.25) is 0 Å². The molecule has 1 aliphatic rings. The first-order valence-corrected chi connectivity index (χ1v) is 11.4. The maximum Gasteiger partial charge on any atom is 0.313 e. The fourth-order valence-corrected chi connectivity index (χ4v) is 4.01. The van der Waals surface area contributed by atoms with Gasteiger partial charge < -0.3 is 9.47 Å². The largest absolute Gasteiger partial charge is 0.458 e. The van der Waals surface area contributed by atoms with Gasteiger partial charge in [0, 0.05) is 6.92 Å². The topological polar surface area (TPSA) is 52.6 Å². The van der Waals surface area contributed by atoms with Crippen LogP contribution in [0, 0.1) is 5.92 Å². The molecule has 1 fully saturated rings.